The molecule has 0 bridgehead atoms. The zero-order chi connectivity index (χ0) is 10.7. The maximum atomic E-state index is 8.92. The first-order valence-electron chi connectivity index (χ1n) is 4.88. The second-order valence-electron chi connectivity index (χ2n) is 3.49. The van der Waals surface area contributed by atoms with Crippen molar-refractivity contribution in [1.82, 2.24) is 4.98 Å². The lowest BCUT2D eigenvalue weighted by molar-refractivity contribution is 0.277. The van der Waals surface area contributed by atoms with Crippen LogP contribution < -0.4 is 0 Å². The number of rotatable bonds is 3. The maximum Gasteiger partial charge on any atom is 0.0973 e. The quantitative estimate of drug-likeness (QED) is 0.860. The first-order valence-corrected chi connectivity index (χ1v) is 5.76. The van der Waals surface area contributed by atoms with Crippen molar-refractivity contribution in [3.05, 3.63) is 51.5 Å². The van der Waals surface area contributed by atoms with Gasteiger partial charge in [0, 0.05) is 11.8 Å². The van der Waals surface area contributed by atoms with Crippen LogP contribution in [0.15, 0.2) is 29.6 Å². The SMILES string of the molecule is Cc1ccccc1Cc1nc(CO)cs1. The fraction of sp³-hybridized carbons (Fsp3) is 0.250. The lowest BCUT2D eigenvalue weighted by Gasteiger charge is -2.01. The second-order valence-corrected chi connectivity index (χ2v) is 4.44. The van der Waals surface area contributed by atoms with Gasteiger partial charge in [0.25, 0.3) is 0 Å². The normalized spacial score (nSPS) is 10.5. The molecule has 2 rings (SSSR count). The van der Waals surface area contributed by atoms with Crippen LogP contribution in [-0.2, 0) is 13.0 Å². The summed E-state index contributed by atoms with van der Waals surface area (Å²) in [5.41, 5.74) is 3.36. The van der Waals surface area contributed by atoms with E-state index in [4.69, 9.17) is 5.11 Å². The molecule has 0 saturated heterocycles. The third-order valence-electron chi connectivity index (χ3n) is 2.36. The van der Waals surface area contributed by atoms with Crippen LogP contribution in [0.2, 0.25) is 0 Å². The molecule has 0 unspecified atom stereocenters. The van der Waals surface area contributed by atoms with E-state index in [9.17, 15) is 0 Å². The number of aryl methyl sites for hydroxylation is 1. The van der Waals surface area contributed by atoms with Crippen LogP contribution in [0.25, 0.3) is 0 Å². The molecule has 0 aliphatic rings. The summed E-state index contributed by atoms with van der Waals surface area (Å²) in [6.07, 6.45) is 0.858. The number of hydrogen-bond acceptors (Lipinski definition) is 3. The molecular weight excluding hydrogens is 206 g/mol. The number of aromatic nitrogens is 1. The van der Waals surface area contributed by atoms with Crippen LogP contribution in [0.5, 0.6) is 0 Å². The van der Waals surface area contributed by atoms with Gasteiger partial charge in [0.15, 0.2) is 0 Å². The van der Waals surface area contributed by atoms with Gasteiger partial charge < -0.3 is 5.11 Å². The molecule has 0 atom stereocenters. The number of hydrogen-bond donors (Lipinski definition) is 1. The van der Waals surface area contributed by atoms with Crippen molar-refractivity contribution in [2.45, 2.75) is 20.0 Å². The van der Waals surface area contributed by atoms with Gasteiger partial charge in [-0.2, -0.15) is 0 Å². The van der Waals surface area contributed by atoms with E-state index in [-0.39, 0.29) is 6.61 Å². The lowest BCUT2D eigenvalue weighted by atomic mass is 10.1. The third kappa shape index (κ3) is 2.43. The zero-order valence-electron chi connectivity index (χ0n) is 8.60. The lowest BCUT2D eigenvalue weighted by Crippen LogP contribution is -1.91. The van der Waals surface area contributed by atoms with E-state index in [1.165, 1.54) is 11.1 Å². The topological polar surface area (TPSA) is 33.1 Å². The summed E-state index contributed by atoms with van der Waals surface area (Å²) in [6, 6.07) is 8.31. The molecule has 1 aromatic heterocycles. The molecular formula is C12H13NOS. The number of benzene rings is 1. The van der Waals surface area contributed by atoms with E-state index < -0.39 is 0 Å². The van der Waals surface area contributed by atoms with Gasteiger partial charge in [-0.1, -0.05) is 24.3 Å². The fourth-order valence-electron chi connectivity index (χ4n) is 1.47. The van der Waals surface area contributed by atoms with E-state index in [1.807, 2.05) is 17.5 Å². The van der Waals surface area contributed by atoms with Crippen LogP contribution in [0.4, 0.5) is 0 Å². The van der Waals surface area contributed by atoms with Gasteiger partial charge in [-0.25, -0.2) is 4.98 Å². The highest BCUT2D eigenvalue weighted by molar-refractivity contribution is 7.09. The van der Waals surface area contributed by atoms with Crippen molar-refractivity contribution in [2.24, 2.45) is 0 Å². The first kappa shape index (κ1) is 10.3. The highest BCUT2D eigenvalue weighted by atomic mass is 32.1. The molecule has 0 spiro atoms. The fourth-order valence-corrected chi connectivity index (χ4v) is 2.28. The van der Waals surface area contributed by atoms with Crippen LogP contribution in [0.3, 0.4) is 0 Å². The molecule has 78 valence electrons. The molecule has 0 fully saturated rings. The van der Waals surface area contributed by atoms with Gasteiger partial charge in [0.2, 0.25) is 0 Å². The van der Waals surface area contributed by atoms with Crippen molar-refractivity contribution >= 4 is 11.3 Å². The molecule has 15 heavy (non-hydrogen) atoms. The van der Waals surface area contributed by atoms with Crippen molar-refractivity contribution in [2.75, 3.05) is 0 Å². The van der Waals surface area contributed by atoms with Gasteiger partial charge >= 0.3 is 0 Å². The van der Waals surface area contributed by atoms with E-state index in [2.05, 4.69) is 24.0 Å². The van der Waals surface area contributed by atoms with Crippen molar-refractivity contribution in [3.63, 3.8) is 0 Å². The molecule has 2 aromatic rings. The van der Waals surface area contributed by atoms with Gasteiger partial charge in [0.05, 0.1) is 17.3 Å². The Kier molecular flexibility index (Phi) is 3.14. The van der Waals surface area contributed by atoms with E-state index in [0.29, 0.717) is 0 Å². The highest BCUT2D eigenvalue weighted by Crippen LogP contribution is 2.17. The molecule has 1 aromatic carbocycles. The van der Waals surface area contributed by atoms with E-state index in [0.717, 1.165) is 17.1 Å². The number of nitrogens with zero attached hydrogens (tertiary/aromatic N) is 1. The van der Waals surface area contributed by atoms with Gasteiger partial charge in [-0.15, -0.1) is 11.3 Å². The van der Waals surface area contributed by atoms with Crippen molar-refractivity contribution in [1.29, 1.82) is 0 Å². The van der Waals surface area contributed by atoms with Crippen LogP contribution in [-0.4, -0.2) is 10.1 Å². The maximum absolute atomic E-state index is 8.92. The van der Waals surface area contributed by atoms with Gasteiger partial charge in [0.1, 0.15) is 0 Å². The number of aliphatic hydroxyl groups excluding tert-OH is 1. The largest absolute Gasteiger partial charge is 0.390 e. The standard InChI is InChI=1S/C12H13NOS/c1-9-4-2-3-5-10(9)6-12-13-11(7-14)8-15-12/h2-5,8,14H,6-7H2,1H3. The molecule has 1 heterocycles. The van der Waals surface area contributed by atoms with Gasteiger partial charge in [-0.3, -0.25) is 0 Å². The molecule has 0 amide bonds. The summed E-state index contributed by atoms with van der Waals surface area (Å²) < 4.78 is 0. The Balaban J connectivity index is 2.18. The zero-order valence-corrected chi connectivity index (χ0v) is 9.42. The van der Waals surface area contributed by atoms with Crippen LogP contribution in [0.1, 0.15) is 21.8 Å². The van der Waals surface area contributed by atoms with Crippen molar-refractivity contribution < 1.29 is 5.11 Å². The van der Waals surface area contributed by atoms with Crippen LogP contribution in [0, 0.1) is 6.92 Å². The molecule has 0 radical (unpaired) electrons. The Morgan fingerprint density at radius 3 is 2.80 bits per heavy atom. The second kappa shape index (κ2) is 4.55. The van der Waals surface area contributed by atoms with Crippen molar-refractivity contribution in [3.8, 4) is 0 Å². The highest BCUT2D eigenvalue weighted by Gasteiger charge is 2.03. The molecule has 3 heteroatoms. The Hall–Kier alpha value is -1.19. The number of aliphatic hydroxyl groups is 1. The first-order chi connectivity index (χ1) is 7.29. The van der Waals surface area contributed by atoms with E-state index >= 15 is 0 Å². The summed E-state index contributed by atoms with van der Waals surface area (Å²) in [5.74, 6) is 0. The average molecular weight is 219 g/mol. The molecule has 0 saturated carbocycles. The molecule has 0 aliphatic heterocycles. The molecule has 2 nitrogen and oxygen atoms in total. The summed E-state index contributed by atoms with van der Waals surface area (Å²) in [6.45, 7) is 2.14. The summed E-state index contributed by atoms with van der Waals surface area (Å²) >= 11 is 1.61. The van der Waals surface area contributed by atoms with E-state index in [1.54, 1.807) is 11.3 Å². The Labute approximate surface area is 93.2 Å². The minimum Gasteiger partial charge on any atom is -0.390 e. The number of thiazole rings is 1. The Morgan fingerprint density at radius 2 is 2.13 bits per heavy atom. The molecule has 0 aliphatic carbocycles. The summed E-state index contributed by atoms with van der Waals surface area (Å²) in [7, 11) is 0. The predicted molar refractivity (Wildman–Crippen MR) is 62.0 cm³/mol. The summed E-state index contributed by atoms with van der Waals surface area (Å²) in [5, 5.41) is 11.9. The Morgan fingerprint density at radius 1 is 1.33 bits per heavy atom. The minimum atomic E-state index is 0.0320. The third-order valence-corrected chi connectivity index (χ3v) is 3.26. The minimum absolute atomic E-state index is 0.0320. The smallest absolute Gasteiger partial charge is 0.0973 e. The molecule has 1 N–H and O–H groups in total. The Bertz CT molecular complexity index is 450. The predicted octanol–water partition coefficient (Wildman–Crippen LogP) is 2.53. The summed E-state index contributed by atoms with van der Waals surface area (Å²) in [4.78, 5) is 4.33. The monoisotopic (exact) mass is 219 g/mol. The van der Waals surface area contributed by atoms with Gasteiger partial charge in [-0.05, 0) is 18.1 Å². The average Bonchev–Trinajstić information content (AvgIpc) is 2.69. The van der Waals surface area contributed by atoms with Crippen LogP contribution >= 0.6 is 11.3 Å².